The first-order valence-corrected chi connectivity index (χ1v) is 6.92. The Labute approximate surface area is 117 Å². The molecule has 0 atom stereocenters. The van der Waals surface area contributed by atoms with Gasteiger partial charge in [-0.2, -0.15) is 9.97 Å². The van der Waals surface area contributed by atoms with E-state index in [4.69, 9.17) is 16.1 Å². The van der Waals surface area contributed by atoms with Gasteiger partial charge in [-0.25, -0.2) is 4.98 Å². The van der Waals surface area contributed by atoms with Crippen molar-refractivity contribution in [3.63, 3.8) is 0 Å². The molecule has 0 unspecified atom stereocenters. The molecule has 0 aliphatic carbocycles. The van der Waals surface area contributed by atoms with Crippen LogP contribution in [0.2, 0.25) is 5.28 Å². The fourth-order valence-corrected chi connectivity index (χ4v) is 2.66. The monoisotopic (exact) mass is 295 g/mol. The maximum absolute atomic E-state index is 5.88. The highest BCUT2D eigenvalue weighted by Crippen LogP contribution is 2.27. The van der Waals surface area contributed by atoms with Crippen molar-refractivity contribution in [3.8, 4) is 0 Å². The molecule has 0 spiro atoms. The van der Waals surface area contributed by atoms with Gasteiger partial charge < -0.3 is 9.84 Å². The molecule has 0 aromatic carbocycles. The maximum atomic E-state index is 5.88. The van der Waals surface area contributed by atoms with Gasteiger partial charge in [-0.3, -0.25) is 0 Å². The molecule has 1 N–H and O–H groups in total. The van der Waals surface area contributed by atoms with E-state index in [1.54, 1.807) is 18.3 Å². The van der Waals surface area contributed by atoms with Crippen molar-refractivity contribution >= 4 is 39.0 Å². The first-order chi connectivity index (χ1) is 9.22. The Bertz CT molecular complexity index is 710. The van der Waals surface area contributed by atoms with Gasteiger partial charge in [0.2, 0.25) is 11.2 Å². The number of aromatic nitrogens is 4. The van der Waals surface area contributed by atoms with Crippen molar-refractivity contribution in [2.45, 2.75) is 13.3 Å². The molecule has 0 radical (unpaired) electrons. The van der Waals surface area contributed by atoms with Crippen LogP contribution >= 0.6 is 22.9 Å². The molecule has 0 aliphatic rings. The number of hydrogen-bond acceptors (Lipinski definition) is 7. The summed E-state index contributed by atoms with van der Waals surface area (Å²) in [5.74, 6) is 1.98. The third kappa shape index (κ3) is 2.66. The molecule has 19 heavy (non-hydrogen) atoms. The highest BCUT2D eigenvalue weighted by molar-refractivity contribution is 7.17. The van der Waals surface area contributed by atoms with Crippen LogP contribution in [-0.4, -0.2) is 26.7 Å². The fraction of sp³-hybridized carbons (Fsp3) is 0.273. The van der Waals surface area contributed by atoms with E-state index in [1.807, 2.05) is 11.4 Å². The van der Waals surface area contributed by atoms with Gasteiger partial charge in [-0.15, -0.1) is 11.3 Å². The summed E-state index contributed by atoms with van der Waals surface area (Å²) in [5, 5.41) is 9.26. The van der Waals surface area contributed by atoms with Crippen LogP contribution < -0.4 is 5.32 Å². The number of fused-ring (bicyclic) bond motifs is 1. The fourth-order valence-electron chi connectivity index (χ4n) is 1.69. The first-order valence-electron chi connectivity index (χ1n) is 5.66. The molecule has 0 amide bonds. The molecule has 3 rings (SSSR count). The van der Waals surface area contributed by atoms with Crippen LogP contribution in [0.25, 0.3) is 10.2 Å². The van der Waals surface area contributed by atoms with Gasteiger partial charge in [-0.1, -0.05) is 5.16 Å². The van der Waals surface area contributed by atoms with Gasteiger partial charge in [0.05, 0.1) is 10.2 Å². The highest BCUT2D eigenvalue weighted by Gasteiger charge is 2.08. The van der Waals surface area contributed by atoms with Crippen molar-refractivity contribution in [3.05, 3.63) is 28.4 Å². The van der Waals surface area contributed by atoms with Crippen LogP contribution in [-0.2, 0) is 6.42 Å². The number of thiophene rings is 1. The van der Waals surface area contributed by atoms with E-state index >= 15 is 0 Å². The number of nitrogens with one attached hydrogen (secondary N) is 1. The zero-order valence-corrected chi connectivity index (χ0v) is 11.6. The van der Waals surface area contributed by atoms with Gasteiger partial charge in [0.15, 0.2) is 5.82 Å². The summed E-state index contributed by atoms with van der Waals surface area (Å²) in [5.41, 5.74) is 0.850. The summed E-state index contributed by atoms with van der Waals surface area (Å²) in [4.78, 5) is 12.5. The summed E-state index contributed by atoms with van der Waals surface area (Å²) < 4.78 is 5.90. The second-order valence-electron chi connectivity index (χ2n) is 3.88. The largest absolute Gasteiger partial charge is 0.368 e. The summed E-state index contributed by atoms with van der Waals surface area (Å²) in [6.07, 6.45) is 0.659. The van der Waals surface area contributed by atoms with Crippen LogP contribution in [0.15, 0.2) is 16.0 Å². The predicted molar refractivity (Wildman–Crippen MR) is 73.7 cm³/mol. The lowest BCUT2D eigenvalue weighted by Crippen LogP contribution is -2.07. The number of hydrogen-bond donors (Lipinski definition) is 1. The first kappa shape index (κ1) is 12.3. The number of nitrogens with zero attached hydrogens (tertiary/aromatic N) is 4. The van der Waals surface area contributed by atoms with Crippen LogP contribution in [0.1, 0.15) is 11.7 Å². The van der Waals surface area contributed by atoms with Gasteiger partial charge >= 0.3 is 0 Å². The normalized spacial score (nSPS) is 11.1. The Morgan fingerprint density at radius 2 is 2.26 bits per heavy atom. The van der Waals surface area contributed by atoms with E-state index in [0.717, 1.165) is 16.0 Å². The lowest BCUT2D eigenvalue weighted by molar-refractivity contribution is 0.387. The highest BCUT2D eigenvalue weighted by atomic mass is 35.5. The summed E-state index contributed by atoms with van der Waals surface area (Å²) in [6.45, 7) is 2.42. The molecule has 6 nitrogen and oxygen atoms in total. The lowest BCUT2D eigenvalue weighted by Gasteiger charge is -2.05. The van der Waals surface area contributed by atoms with E-state index in [1.165, 1.54) is 0 Å². The van der Waals surface area contributed by atoms with Crippen molar-refractivity contribution in [1.82, 2.24) is 20.1 Å². The standard InChI is InChI=1S/C11H10ClN5OS/c1-6-14-8(17-18-6)2-4-13-10-9-7(3-5-19-9)15-11(12)16-10/h3,5H,2,4H2,1H3,(H,13,15,16). The topological polar surface area (TPSA) is 76.7 Å². The van der Waals surface area contributed by atoms with E-state index in [-0.39, 0.29) is 5.28 Å². The van der Waals surface area contributed by atoms with Crippen LogP contribution in [0, 0.1) is 6.92 Å². The minimum atomic E-state index is 0.240. The molecule has 98 valence electrons. The maximum Gasteiger partial charge on any atom is 0.224 e. The number of aryl methyl sites for hydroxylation is 1. The molecule has 0 bridgehead atoms. The Kier molecular flexibility index (Phi) is 3.31. The quantitative estimate of drug-likeness (QED) is 0.746. The molecule has 3 heterocycles. The molecule has 3 aromatic rings. The van der Waals surface area contributed by atoms with Crippen LogP contribution in [0.4, 0.5) is 5.82 Å². The Morgan fingerprint density at radius 1 is 1.37 bits per heavy atom. The van der Waals surface area contributed by atoms with Crippen molar-refractivity contribution in [1.29, 1.82) is 0 Å². The molecule has 0 saturated carbocycles. The van der Waals surface area contributed by atoms with Crippen molar-refractivity contribution in [2.75, 3.05) is 11.9 Å². The minimum Gasteiger partial charge on any atom is -0.368 e. The zero-order valence-electron chi connectivity index (χ0n) is 10.1. The number of rotatable bonds is 4. The van der Waals surface area contributed by atoms with E-state index in [0.29, 0.717) is 24.7 Å². The molecular formula is C11H10ClN5OS. The number of halogens is 1. The van der Waals surface area contributed by atoms with Crippen LogP contribution in [0.3, 0.4) is 0 Å². The Hall–Kier alpha value is -1.73. The van der Waals surface area contributed by atoms with E-state index in [9.17, 15) is 0 Å². The summed E-state index contributed by atoms with van der Waals surface area (Å²) in [6, 6.07) is 1.92. The van der Waals surface area contributed by atoms with Crippen LogP contribution in [0.5, 0.6) is 0 Å². The second kappa shape index (κ2) is 5.10. The third-order valence-corrected chi connectivity index (χ3v) is 3.57. The minimum absolute atomic E-state index is 0.240. The third-order valence-electron chi connectivity index (χ3n) is 2.49. The zero-order chi connectivity index (χ0) is 13.2. The van der Waals surface area contributed by atoms with E-state index in [2.05, 4.69) is 25.4 Å². The Morgan fingerprint density at radius 3 is 3.05 bits per heavy atom. The smallest absolute Gasteiger partial charge is 0.224 e. The second-order valence-corrected chi connectivity index (χ2v) is 5.14. The molecule has 8 heteroatoms. The van der Waals surface area contributed by atoms with Gasteiger partial charge in [0.1, 0.15) is 5.82 Å². The molecule has 0 fully saturated rings. The summed E-state index contributed by atoms with van der Waals surface area (Å²) in [7, 11) is 0. The molecule has 0 saturated heterocycles. The SMILES string of the molecule is Cc1nc(CCNc2nc(Cl)nc3ccsc23)no1. The van der Waals surface area contributed by atoms with Crippen molar-refractivity contribution < 1.29 is 4.52 Å². The number of anilines is 1. The predicted octanol–water partition coefficient (Wildman–Crippen LogP) is 2.69. The summed E-state index contributed by atoms with van der Waals surface area (Å²) >= 11 is 7.46. The average Bonchev–Trinajstić information content (AvgIpc) is 2.98. The molecule has 3 aromatic heterocycles. The lowest BCUT2D eigenvalue weighted by atomic mass is 10.4. The van der Waals surface area contributed by atoms with Gasteiger partial charge in [0, 0.05) is 19.9 Å². The van der Waals surface area contributed by atoms with Gasteiger partial charge in [-0.05, 0) is 23.0 Å². The van der Waals surface area contributed by atoms with Crippen molar-refractivity contribution in [2.24, 2.45) is 0 Å². The van der Waals surface area contributed by atoms with Gasteiger partial charge in [0.25, 0.3) is 0 Å². The molecular weight excluding hydrogens is 286 g/mol. The average molecular weight is 296 g/mol. The molecule has 0 aliphatic heterocycles. The van der Waals surface area contributed by atoms with E-state index < -0.39 is 0 Å². The Balaban J connectivity index is 1.73.